The lowest BCUT2D eigenvalue weighted by Crippen LogP contribution is -2.40. The van der Waals surface area contributed by atoms with E-state index in [9.17, 15) is 15.3 Å². The predicted molar refractivity (Wildman–Crippen MR) is 260 cm³/mol. The molecule has 3 heterocycles. The first-order chi connectivity index (χ1) is 34.5. The van der Waals surface area contributed by atoms with Crippen molar-refractivity contribution >= 4 is 0 Å². The molecule has 0 saturated heterocycles. The fourth-order valence-corrected chi connectivity index (χ4v) is 10.3. The number of hydrogen-bond donors (Lipinski definition) is 3. The maximum Gasteiger partial charge on any atom is 0.161 e. The van der Waals surface area contributed by atoms with Gasteiger partial charge in [0.1, 0.15) is 58.6 Å². The minimum atomic E-state index is -1.37. The Labute approximate surface area is 411 Å². The van der Waals surface area contributed by atoms with Crippen LogP contribution in [0.15, 0.2) is 91.0 Å². The molecular formula is C55H58O16. The molecule has 0 bridgehead atoms. The van der Waals surface area contributed by atoms with Gasteiger partial charge in [-0.25, -0.2) is 0 Å². The SMILES string of the molecule is COc1ccc2c(c1)O[C@H](c1ccc(OC)c(OC)c1)[C@@H](O)[C@@H]2c1c2c(c(OC)c3c1O[C@@H](c1ccc(OC)c(OC)c1)[C@@H](O)[C@@H]3c1ccc(OC)cc1OC)C[C@H](O)[C@@H](c1ccc(OC)c(OC)c1)O2. The maximum absolute atomic E-state index is 13.3. The number of aliphatic hydroxyl groups excluding tert-OH is 3. The number of fused-ring (bicyclic) bond motifs is 3. The molecule has 16 nitrogen and oxygen atoms in total. The van der Waals surface area contributed by atoms with Crippen LogP contribution in [0.1, 0.15) is 74.7 Å². The predicted octanol–water partition coefficient (Wildman–Crippen LogP) is 8.06. The second-order valence-corrected chi connectivity index (χ2v) is 17.2. The highest BCUT2D eigenvalue weighted by molar-refractivity contribution is 5.72. The van der Waals surface area contributed by atoms with Crippen LogP contribution < -0.4 is 61.6 Å². The molecule has 3 aliphatic rings. The van der Waals surface area contributed by atoms with E-state index >= 15 is 0 Å². The molecule has 0 radical (unpaired) electrons. The molecule has 8 atom stereocenters. The van der Waals surface area contributed by atoms with Gasteiger partial charge in [0.05, 0.1) is 77.2 Å². The summed E-state index contributed by atoms with van der Waals surface area (Å²) in [5, 5.41) is 38.7. The van der Waals surface area contributed by atoms with Crippen molar-refractivity contribution in [1.82, 2.24) is 0 Å². The van der Waals surface area contributed by atoms with E-state index in [1.54, 1.807) is 115 Å². The smallest absolute Gasteiger partial charge is 0.161 e. The van der Waals surface area contributed by atoms with Gasteiger partial charge in [0.25, 0.3) is 0 Å². The van der Waals surface area contributed by atoms with Gasteiger partial charge >= 0.3 is 0 Å². The van der Waals surface area contributed by atoms with Gasteiger partial charge in [0, 0.05) is 58.2 Å². The Bertz CT molecular complexity index is 2920. The second kappa shape index (κ2) is 20.1. The summed E-state index contributed by atoms with van der Waals surface area (Å²) in [5.41, 5.74) is 4.14. The first-order valence-corrected chi connectivity index (χ1v) is 22.9. The summed E-state index contributed by atoms with van der Waals surface area (Å²) in [7, 11) is 15.4. The quantitative estimate of drug-likeness (QED) is 0.0898. The molecule has 3 N–H and O–H groups in total. The Balaban J connectivity index is 1.39. The molecule has 0 aliphatic carbocycles. The van der Waals surface area contributed by atoms with E-state index in [0.29, 0.717) is 108 Å². The van der Waals surface area contributed by atoms with E-state index in [2.05, 4.69) is 0 Å². The lowest BCUT2D eigenvalue weighted by atomic mass is 9.72. The standard InChI is InChI=1S/C55H58O16/c1-59-30-14-16-32(39(24-30)64-6)44-46-53(68-10)34-26-35(56)50(27-11-18-36(61-3)41(21-27)65-7)70-54(34)47(55(46)71-52(49(44)58)29-13-20-38(63-5)43(23-29)67-9)45-33-17-15-31(60-2)25-40(33)69-51(48(45)57)28-12-19-37(62-4)42(22-28)66-8/h11-25,35,44-45,48-52,56-58H,26H2,1-10H3/t35-,44+,45-,48-,49-,50+,51+,52-/m0/s1. The zero-order valence-corrected chi connectivity index (χ0v) is 41.1. The fourth-order valence-electron chi connectivity index (χ4n) is 10.3. The molecule has 16 heteroatoms. The third-order valence-electron chi connectivity index (χ3n) is 13.7. The number of ether oxygens (including phenoxy) is 13. The van der Waals surface area contributed by atoms with Crippen molar-refractivity contribution in [2.45, 2.75) is 54.9 Å². The molecule has 0 spiro atoms. The molecule has 374 valence electrons. The molecule has 6 aromatic rings. The molecule has 0 aromatic heterocycles. The van der Waals surface area contributed by atoms with Crippen LogP contribution in [0.2, 0.25) is 0 Å². The van der Waals surface area contributed by atoms with Crippen molar-refractivity contribution in [3.8, 4) is 74.7 Å². The molecule has 0 saturated carbocycles. The molecule has 71 heavy (non-hydrogen) atoms. The van der Waals surface area contributed by atoms with Gasteiger partial charge in [-0.05, 0) is 65.2 Å². The van der Waals surface area contributed by atoms with Crippen molar-refractivity contribution in [3.05, 3.63) is 136 Å². The zero-order chi connectivity index (χ0) is 50.2. The summed E-state index contributed by atoms with van der Waals surface area (Å²) in [6, 6.07) is 26.7. The van der Waals surface area contributed by atoms with E-state index in [-0.39, 0.29) is 17.9 Å². The summed E-state index contributed by atoms with van der Waals surface area (Å²) in [5.74, 6) is 3.44. The Hall–Kier alpha value is -7.40. The molecule has 0 amide bonds. The van der Waals surface area contributed by atoms with E-state index in [4.69, 9.17) is 61.6 Å². The van der Waals surface area contributed by atoms with Crippen molar-refractivity contribution in [2.24, 2.45) is 0 Å². The average molecular weight is 975 g/mol. The van der Waals surface area contributed by atoms with Gasteiger partial charge in [-0.2, -0.15) is 0 Å². The largest absolute Gasteiger partial charge is 0.497 e. The van der Waals surface area contributed by atoms with Crippen molar-refractivity contribution < 1.29 is 76.9 Å². The maximum atomic E-state index is 13.3. The van der Waals surface area contributed by atoms with Crippen LogP contribution in [0.4, 0.5) is 0 Å². The number of hydrogen-bond acceptors (Lipinski definition) is 16. The third kappa shape index (κ3) is 8.38. The van der Waals surface area contributed by atoms with E-state index < -0.39 is 48.5 Å². The number of rotatable bonds is 15. The Kier molecular flexibility index (Phi) is 13.8. The first-order valence-electron chi connectivity index (χ1n) is 22.9. The molecule has 0 unspecified atom stereocenters. The molecule has 9 rings (SSSR count). The first kappa shape index (κ1) is 48.6. The molecule has 0 fully saturated rings. The van der Waals surface area contributed by atoms with Crippen LogP contribution in [0.25, 0.3) is 0 Å². The van der Waals surface area contributed by atoms with Crippen molar-refractivity contribution in [2.75, 3.05) is 71.1 Å². The topological polar surface area (TPSA) is 181 Å². The normalized spacial score (nSPS) is 21.9. The van der Waals surface area contributed by atoms with Crippen LogP contribution >= 0.6 is 0 Å². The van der Waals surface area contributed by atoms with E-state index in [0.717, 1.165) is 0 Å². The van der Waals surface area contributed by atoms with Crippen LogP contribution in [-0.2, 0) is 6.42 Å². The Morgan fingerprint density at radius 1 is 0.394 bits per heavy atom. The minimum Gasteiger partial charge on any atom is -0.497 e. The molecule has 6 aromatic carbocycles. The van der Waals surface area contributed by atoms with Gasteiger partial charge in [0.15, 0.2) is 46.7 Å². The van der Waals surface area contributed by atoms with Gasteiger partial charge in [-0.1, -0.05) is 30.3 Å². The van der Waals surface area contributed by atoms with Gasteiger partial charge in [-0.3, -0.25) is 0 Å². The van der Waals surface area contributed by atoms with Gasteiger partial charge in [-0.15, -0.1) is 0 Å². The van der Waals surface area contributed by atoms with Crippen LogP contribution in [0.3, 0.4) is 0 Å². The minimum absolute atomic E-state index is 0.00730. The lowest BCUT2D eigenvalue weighted by Gasteiger charge is -2.45. The Morgan fingerprint density at radius 3 is 1.34 bits per heavy atom. The van der Waals surface area contributed by atoms with Crippen molar-refractivity contribution in [1.29, 1.82) is 0 Å². The highest BCUT2D eigenvalue weighted by Gasteiger charge is 2.51. The monoisotopic (exact) mass is 974 g/mol. The summed E-state index contributed by atoms with van der Waals surface area (Å²) in [6.45, 7) is 0. The number of aliphatic hydroxyl groups is 3. The number of benzene rings is 6. The molecule has 3 aliphatic heterocycles. The molecular weight excluding hydrogens is 917 g/mol. The zero-order valence-electron chi connectivity index (χ0n) is 41.1. The van der Waals surface area contributed by atoms with E-state index in [1.807, 2.05) is 18.2 Å². The lowest BCUT2D eigenvalue weighted by molar-refractivity contribution is -0.00837. The van der Waals surface area contributed by atoms with Crippen molar-refractivity contribution in [3.63, 3.8) is 0 Å². The highest BCUT2D eigenvalue weighted by atomic mass is 16.5. The van der Waals surface area contributed by atoms with Crippen LogP contribution in [0, 0.1) is 0 Å². The average Bonchev–Trinajstić information content (AvgIpc) is 3.41. The van der Waals surface area contributed by atoms with E-state index in [1.165, 1.54) is 28.4 Å². The fraction of sp³-hybridized carbons (Fsp3) is 0.345. The number of methoxy groups -OCH3 is 10. The Morgan fingerprint density at radius 2 is 0.845 bits per heavy atom. The second-order valence-electron chi connectivity index (χ2n) is 17.2. The summed E-state index contributed by atoms with van der Waals surface area (Å²) >= 11 is 0. The van der Waals surface area contributed by atoms with Gasteiger partial charge in [0.2, 0.25) is 0 Å². The summed E-state index contributed by atoms with van der Waals surface area (Å²) < 4.78 is 79.2. The third-order valence-corrected chi connectivity index (χ3v) is 13.7. The highest BCUT2D eigenvalue weighted by Crippen LogP contribution is 2.62. The van der Waals surface area contributed by atoms with Crippen LogP contribution in [0.5, 0.6) is 74.7 Å². The summed E-state index contributed by atoms with van der Waals surface area (Å²) in [6.07, 6.45) is -6.94. The van der Waals surface area contributed by atoms with Crippen LogP contribution in [-0.4, -0.2) is 105 Å². The van der Waals surface area contributed by atoms with Gasteiger partial charge < -0.3 is 76.9 Å². The summed E-state index contributed by atoms with van der Waals surface area (Å²) in [4.78, 5) is 0.